The van der Waals surface area contributed by atoms with Crippen LogP contribution in [-0.2, 0) is 6.42 Å². The Morgan fingerprint density at radius 1 is 1.52 bits per heavy atom. The molecule has 0 saturated heterocycles. The highest BCUT2D eigenvalue weighted by Crippen LogP contribution is 2.28. The Balaban J connectivity index is 1.92. The first-order chi connectivity index (χ1) is 10.1. The number of ether oxygens (including phenoxy) is 1. The second-order valence-electron chi connectivity index (χ2n) is 4.36. The molecule has 0 bridgehead atoms. The Kier molecular flexibility index (Phi) is 5.86. The summed E-state index contributed by atoms with van der Waals surface area (Å²) in [5.74, 6) is 1.25. The van der Waals surface area contributed by atoms with Crippen molar-refractivity contribution in [3.63, 3.8) is 0 Å². The van der Waals surface area contributed by atoms with Gasteiger partial charge in [0.2, 0.25) is 0 Å². The van der Waals surface area contributed by atoms with E-state index in [-0.39, 0.29) is 5.91 Å². The van der Waals surface area contributed by atoms with Crippen molar-refractivity contribution in [2.45, 2.75) is 12.8 Å². The molecule has 0 aliphatic carbocycles. The van der Waals surface area contributed by atoms with Crippen LogP contribution in [0.15, 0.2) is 24.5 Å². The fourth-order valence-corrected chi connectivity index (χ4v) is 2.46. The minimum absolute atomic E-state index is 0.190. The predicted molar refractivity (Wildman–Crippen MR) is 90.0 cm³/mol. The van der Waals surface area contributed by atoms with E-state index >= 15 is 0 Å². The molecule has 1 amide bonds. The average Bonchev–Trinajstić information content (AvgIpc) is 2.99. The largest absolute Gasteiger partial charge is 0.496 e. The summed E-state index contributed by atoms with van der Waals surface area (Å²) in [5.41, 5.74) is 0.445. The number of aryl methyl sites for hydroxylation is 1. The van der Waals surface area contributed by atoms with Crippen LogP contribution in [0.2, 0.25) is 5.02 Å². The number of aromatic nitrogens is 2. The van der Waals surface area contributed by atoms with Crippen LogP contribution in [0, 0.1) is 3.57 Å². The van der Waals surface area contributed by atoms with E-state index in [4.69, 9.17) is 16.3 Å². The van der Waals surface area contributed by atoms with Gasteiger partial charge in [0, 0.05) is 28.9 Å². The Morgan fingerprint density at radius 3 is 3.00 bits per heavy atom. The van der Waals surface area contributed by atoms with Crippen molar-refractivity contribution >= 4 is 40.1 Å². The molecule has 0 fully saturated rings. The number of benzene rings is 1. The summed E-state index contributed by atoms with van der Waals surface area (Å²) in [7, 11) is 1.53. The van der Waals surface area contributed by atoms with E-state index in [9.17, 15) is 4.79 Å². The zero-order chi connectivity index (χ0) is 15.2. The Morgan fingerprint density at radius 2 is 2.33 bits per heavy atom. The average molecular weight is 420 g/mol. The molecule has 112 valence electrons. The number of nitrogens with one attached hydrogen (secondary N) is 2. The lowest BCUT2D eigenvalue weighted by atomic mass is 10.2. The molecule has 0 aliphatic rings. The molecule has 0 radical (unpaired) electrons. The van der Waals surface area contributed by atoms with E-state index in [0.717, 1.165) is 22.2 Å². The maximum absolute atomic E-state index is 12.2. The fourth-order valence-electron chi connectivity index (χ4n) is 1.86. The van der Waals surface area contributed by atoms with E-state index in [1.807, 2.05) is 0 Å². The number of nitrogens with zero attached hydrogens (tertiary/aromatic N) is 1. The van der Waals surface area contributed by atoms with E-state index in [2.05, 4.69) is 37.9 Å². The van der Waals surface area contributed by atoms with Gasteiger partial charge in [0.05, 0.1) is 17.7 Å². The SMILES string of the molecule is COc1cc(I)c(Cl)cc1C(=O)NCCCc1ncc[nH]1. The smallest absolute Gasteiger partial charge is 0.255 e. The number of H-pyrrole nitrogens is 1. The van der Waals surface area contributed by atoms with Gasteiger partial charge in [-0.3, -0.25) is 4.79 Å². The van der Waals surface area contributed by atoms with Crippen LogP contribution < -0.4 is 10.1 Å². The molecule has 21 heavy (non-hydrogen) atoms. The summed E-state index contributed by atoms with van der Waals surface area (Å²) in [5, 5.41) is 3.40. The number of imidazole rings is 1. The van der Waals surface area contributed by atoms with Gasteiger partial charge >= 0.3 is 0 Å². The third-order valence-corrected chi connectivity index (χ3v) is 4.44. The van der Waals surface area contributed by atoms with Crippen molar-refractivity contribution in [3.8, 4) is 5.75 Å². The molecule has 1 aromatic carbocycles. The Labute approximate surface area is 141 Å². The molecule has 0 aliphatic heterocycles. The molecular weight excluding hydrogens is 405 g/mol. The van der Waals surface area contributed by atoms with Crippen LogP contribution >= 0.6 is 34.2 Å². The molecular formula is C14H15ClIN3O2. The summed E-state index contributed by atoms with van der Waals surface area (Å²) in [6.45, 7) is 0.562. The van der Waals surface area contributed by atoms with Crippen LogP contribution in [0.25, 0.3) is 0 Å². The first-order valence-corrected chi connectivity index (χ1v) is 7.87. The maximum Gasteiger partial charge on any atom is 0.255 e. The monoisotopic (exact) mass is 419 g/mol. The number of rotatable bonds is 6. The number of carbonyl (C=O) groups excluding carboxylic acids is 1. The van der Waals surface area contributed by atoms with Gasteiger partial charge in [0.1, 0.15) is 11.6 Å². The van der Waals surface area contributed by atoms with Crippen molar-refractivity contribution < 1.29 is 9.53 Å². The van der Waals surface area contributed by atoms with Crippen molar-refractivity contribution in [3.05, 3.63) is 44.5 Å². The molecule has 2 aromatic rings. The summed E-state index contributed by atoms with van der Waals surface area (Å²) in [6.07, 6.45) is 5.09. The Hall–Kier alpha value is -1.28. The lowest BCUT2D eigenvalue weighted by Crippen LogP contribution is -2.25. The molecule has 1 aromatic heterocycles. The number of aromatic amines is 1. The topological polar surface area (TPSA) is 67.0 Å². The zero-order valence-corrected chi connectivity index (χ0v) is 14.4. The maximum atomic E-state index is 12.2. The quantitative estimate of drug-likeness (QED) is 0.559. The number of halogens is 2. The first-order valence-electron chi connectivity index (χ1n) is 6.41. The zero-order valence-electron chi connectivity index (χ0n) is 11.5. The lowest BCUT2D eigenvalue weighted by Gasteiger charge is -2.10. The van der Waals surface area contributed by atoms with E-state index in [1.165, 1.54) is 7.11 Å². The van der Waals surface area contributed by atoms with Gasteiger partial charge in [-0.1, -0.05) is 11.6 Å². The van der Waals surface area contributed by atoms with Crippen LogP contribution in [0.5, 0.6) is 5.75 Å². The fraction of sp³-hybridized carbons (Fsp3) is 0.286. The summed E-state index contributed by atoms with van der Waals surface area (Å²) < 4.78 is 6.08. The number of carbonyl (C=O) groups is 1. The van der Waals surface area contributed by atoms with Crippen LogP contribution in [0.3, 0.4) is 0 Å². The van der Waals surface area contributed by atoms with Gasteiger partial charge in [-0.2, -0.15) is 0 Å². The van der Waals surface area contributed by atoms with Crippen molar-refractivity contribution in [2.75, 3.05) is 13.7 Å². The van der Waals surface area contributed by atoms with Crippen molar-refractivity contribution in [1.29, 1.82) is 0 Å². The minimum Gasteiger partial charge on any atom is -0.496 e. The number of hydrogen-bond acceptors (Lipinski definition) is 3. The second kappa shape index (κ2) is 7.65. The highest BCUT2D eigenvalue weighted by atomic mass is 127. The molecule has 1 heterocycles. The summed E-state index contributed by atoms with van der Waals surface area (Å²) in [4.78, 5) is 19.3. The molecule has 0 spiro atoms. The molecule has 2 N–H and O–H groups in total. The summed E-state index contributed by atoms with van der Waals surface area (Å²) in [6, 6.07) is 3.38. The molecule has 0 atom stereocenters. The Bertz CT molecular complexity index is 617. The van der Waals surface area contributed by atoms with Crippen LogP contribution in [-0.4, -0.2) is 29.5 Å². The molecule has 5 nitrogen and oxygen atoms in total. The van der Waals surface area contributed by atoms with Gasteiger partial charge in [0.25, 0.3) is 5.91 Å². The van der Waals surface area contributed by atoms with E-state index in [0.29, 0.717) is 22.9 Å². The van der Waals surface area contributed by atoms with Gasteiger partial charge in [-0.15, -0.1) is 0 Å². The third-order valence-electron chi connectivity index (χ3n) is 2.92. The highest BCUT2D eigenvalue weighted by Gasteiger charge is 2.14. The van der Waals surface area contributed by atoms with E-state index < -0.39 is 0 Å². The van der Waals surface area contributed by atoms with E-state index in [1.54, 1.807) is 24.5 Å². The molecule has 0 saturated carbocycles. The number of amides is 1. The summed E-state index contributed by atoms with van der Waals surface area (Å²) >= 11 is 8.16. The van der Waals surface area contributed by atoms with Crippen molar-refractivity contribution in [2.24, 2.45) is 0 Å². The normalized spacial score (nSPS) is 10.4. The van der Waals surface area contributed by atoms with Gasteiger partial charge in [-0.05, 0) is 41.1 Å². The number of methoxy groups -OCH3 is 1. The van der Waals surface area contributed by atoms with Crippen molar-refractivity contribution in [1.82, 2.24) is 15.3 Å². The third kappa shape index (κ3) is 4.34. The second-order valence-corrected chi connectivity index (χ2v) is 5.93. The molecule has 0 unspecified atom stereocenters. The minimum atomic E-state index is -0.190. The van der Waals surface area contributed by atoms with Crippen LogP contribution in [0.4, 0.5) is 0 Å². The standard InChI is InChI=1S/C14H15ClIN3O2/c1-21-12-8-11(16)10(15)7-9(12)14(20)19-4-2-3-13-17-5-6-18-13/h5-8H,2-4H2,1H3,(H,17,18)(H,19,20). The van der Waals surface area contributed by atoms with Crippen LogP contribution in [0.1, 0.15) is 22.6 Å². The highest BCUT2D eigenvalue weighted by molar-refractivity contribution is 14.1. The van der Waals surface area contributed by atoms with Gasteiger partial charge < -0.3 is 15.0 Å². The van der Waals surface area contributed by atoms with Gasteiger partial charge in [0.15, 0.2) is 0 Å². The molecule has 7 heteroatoms. The first kappa shape index (κ1) is 16.1. The molecule has 2 rings (SSSR count). The van der Waals surface area contributed by atoms with Gasteiger partial charge in [-0.25, -0.2) is 4.98 Å². The predicted octanol–water partition coefficient (Wildman–Crippen LogP) is 3.04. The lowest BCUT2D eigenvalue weighted by molar-refractivity contribution is 0.0950. The number of hydrogen-bond donors (Lipinski definition) is 2.